The van der Waals surface area contributed by atoms with E-state index in [1.807, 2.05) is 0 Å². The van der Waals surface area contributed by atoms with E-state index in [2.05, 4.69) is 4.98 Å². The zero-order valence-corrected chi connectivity index (χ0v) is 6.31. The fourth-order valence-electron chi connectivity index (χ4n) is 1.14. The number of nitrogens with zero attached hydrogens (tertiary/aromatic N) is 2. The Kier molecular flexibility index (Phi) is 1.48. The van der Waals surface area contributed by atoms with Crippen LogP contribution in [0.3, 0.4) is 0 Å². The highest BCUT2D eigenvalue weighted by Crippen LogP contribution is 2.12. The molecule has 0 aromatic carbocycles. The number of fused-ring (bicyclic) bond motifs is 1. The van der Waals surface area contributed by atoms with Gasteiger partial charge in [-0.15, -0.1) is 0 Å². The number of aromatic hydroxyl groups is 1. The molecule has 2 aromatic rings. The molecular formula is C8H8N2O2. The first-order chi connectivity index (χ1) is 5.81. The van der Waals surface area contributed by atoms with Crippen LogP contribution in [0.4, 0.5) is 0 Å². The summed E-state index contributed by atoms with van der Waals surface area (Å²) in [6, 6.07) is 3.25. The summed E-state index contributed by atoms with van der Waals surface area (Å²) in [4.78, 5) is 4.02. The van der Waals surface area contributed by atoms with Gasteiger partial charge >= 0.3 is 0 Å². The Bertz CT molecular complexity index is 408. The van der Waals surface area contributed by atoms with Crippen molar-refractivity contribution in [2.24, 2.45) is 0 Å². The van der Waals surface area contributed by atoms with Crippen molar-refractivity contribution in [1.29, 1.82) is 0 Å². The van der Waals surface area contributed by atoms with E-state index >= 15 is 0 Å². The molecule has 0 spiro atoms. The molecule has 0 aliphatic heterocycles. The number of pyridine rings is 1. The lowest BCUT2D eigenvalue weighted by molar-refractivity contribution is 0.275. The Balaban J connectivity index is 2.75. The summed E-state index contributed by atoms with van der Waals surface area (Å²) in [5, 5.41) is 18.0. The SMILES string of the molecule is OCc1cnc2ccc(O)cn12. The molecule has 2 rings (SSSR count). The minimum absolute atomic E-state index is 0.0788. The van der Waals surface area contributed by atoms with Crippen LogP contribution >= 0.6 is 0 Å². The smallest absolute Gasteiger partial charge is 0.137 e. The Morgan fingerprint density at radius 3 is 3.00 bits per heavy atom. The zero-order valence-electron chi connectivity index (χ0n) is 6.31. The summed E-state index contributed by atoms with van der Waals surface area (Å²) in [6.45, 7) is -0.0788. The summed E-state index contributed by atoms with van der Waals surface area (Å²) >= 11 is 0. The van der Waals surface area contributed by atoms with E-state index in [0.29, 0.717) is 5.69 Å². The Hall–Kier alpha value is -1.55. The van der Waals surface area contributed by atoms with Gasteiger partial charge in [-0.25, -0.2) is 4.98 Å². The molecule has 0 atom stereocenters. The number of hydrogen-bond acceptors (Lipinski definition) is 3. The number of imidazole rings is 1. The number of rotatable bonds is 1. The average Bonchev–Trinajstić information content (AvgIpc) is 2.46. The third kappa shape index (κ3) is 0.931. The van der Waals surface area contributed by atoms with Gasteiger partial charge < -0.3 is 10.2 Å². The lowest BCUT2D eigenvalue weighted by atomic mass is 10.4. The molecule has 12 heavy (non-hydrogen) atoms. The molecule has 4 nitrogen and oxygen atoms in total. The van der Waals surface area contributed by atoms with Crippen molar-refractivity contribution in [3.63, 3.8) is 0 Å². The normalized spacial score (nSPS) is 10.8. The monoisotopic (exact) mass is 164 g/mol. The van der Waals surface area contributed by atoms with E-state index in [1.54, 1.807) is 22.7 Å². The van der Waals surface area contributed by atoms with Crippen molar-refractivity contribution in [2.75, 3.05) is 0 Å². The van der Waals surface area contributed by atoms with Crippen LogP contribution in [0.5, 0.6) is 5.75 Å². The molecule has 0 amide bonds. The van der Waals surface area contributed by atoms with E-state index in [9.17, 15) is 0 Å². The maximum Gasteiger partial charge on any atom is 0.137 e. The second-order valence-corrected chi connectivity index (χ2v) is 2.52. The van der Waals surface area contributed by atoms with Crippen LogP contribution in [0.25, 0.3) is 5.65 Å². The van der Waals surface area contributed by atoms with Crippen LogP contribution in [0, 0.1) is 0 Å². The van der Waals surface area contributed by atoms with Gasteiger partial charge in [-0.1, -0.05) is 0 Å². The molecule has 4 heteroatoms. The van der Waals surface area contributed by atoms with Gasteiger partial charge in [0.1, 0.15) is 11.4 Å². The number of aliphatic hydroxyl groups is 1. The van der Waals surface area contributed by atoms with Crippen molar-refractivity contribution in [3.05, 3.63) is 30.2 Å². The third-order valence-electron chi connectivity index (χ3n) is 1.73. The largest absolute Gasteiger partial charge is 0.506 e. The van der Waals surface area contributed by atoms with Crippen LogP contribution in [0.2, 0.25) is 0 Å². The quantitative estimate of drug-likeness (QED) is 0.646. The molecule has 2 heterocycles. The maximum absolute atomic E-state index is 9.14. The topological polar surface area (TPSA) is 57.8 Å². The van der Waals surface area contributed by atoms with Gasteiger partial charge in [0.15, 0.2) is 0 Å². The predicted octanol–water partition coefficient (Wildman–Crippen LogP) is 0.532. The van der Waals surface area contributed by atoms with Crippen LogP contribution < -0.4 is 0 Å². The predicted molar refractivity (Wildman–Crippen MR) is 42.8 cm³/mol. The van der Waals surface area contributed by atoms with Gasteiger partial charge in [0, 0.05) is 0 Å². The fourth-order valence-corrected chi connectivity index (χ4v) is 1.14. The van der Waals surface area contributed by atoms with Crippen molar-refractivity contribution in [3.8, 4) is 5.75 Å². The average molecular weight is 164 g/mol. The molecule has 0 radical (unpaired) electrons. The first-order valence-electron chi connectivity index (χ1n) is 3.57. The summed E-state index contributed by atoms with van der Waals surface area (Å²) in [7, 11) is 0. The van der Waals surface area contributed by atoms with Gasteiger partial charge in [-0.05, 0) is 12.1 Å². The van der Waals surface area contributed by atoms with E-state index in [1.165, 1.54) is 6.20 Å². The van der Waals surface area contributed by atoms with Gasteiger partial charge in [0.25, 0.3) is 0 Å². The van der Waals surface area contributed by atoms with Crippen molar-refractivity contribution < 1.29 is 10.2 Å². The first-order valence-corrected chi connectivity index (χ1v) is 3.57. The minimum atomic E-state index is -0.0788. The molecular weight excluding hydrogens is 156 g/mol. The first kappa shape index (κ1) is 7.12. The van der Waals surface area contributed by atoms with E-state index in [0.717, 1.165) is 5.65 Å². The van der Waals surface area contributed by atoms with Crippen molar-refractivity contribution in [2.45, 2.75) is 6.61 Å². The van der Waals surface area contributed by atoms with E-state index in [-0.39, 0.29) is 12.4 Å². The van der Waals surface area contributed by atoms with Crippen LogP contribution in [-0.2, 0) is 6.61 Å². The molecule has 0 unspecified atom stereocenters. The lowest BCUT2D eigenvalue weighted by Crippen LogP contribution is -1.90. The minimum Gasteiger partial charge on any atom is -0.506 e. The molecule has 2 N–H and O–H groups in total. The maximum atomic E-state index is 9.14. The molecule has 0 saturated heterocycles. The number of aromatic nitrogens is 2. The Morgan fingerprint density at radius 2 is 2.25 bits per heavy atom. The molecule has 2 aromatic heterocycles. The van der Waals surface area contributed by atoms with Gasteiger partial charge in [-0.2, -0.15) is 0 Å². The van der Waals surface area contributed by atoms with E-state index < -0.39 is 0 Å². The van der Waals surface area contributed by atoms with Gasteiger partial charge in [0.2, 0.25) is 0 Å². The summed E-state index contributed by atoms with van der Waals surface area (Å²) < 4.78 is 1.65. The van der Waals surface area contributed by atoms with Crippen LogP contribution in [-0.4, -0.2) is 19.6 Å². The Labute approximate surface area is 68.7 Å². The summed E-state index contributed by atoms with van der Waals surface area (Å²) in [6.07, 6.45) is 3.10. The third-order valence-corrected chi connectivity index (χ3v) is 1.73. The summed E-state index contributed by atoms with van der Waals surface area (Å²) in [5.41, 5.74) is 1.39. The van der Waals surface area contributed by atoms with Gasteiger partial charge in [0.05, 0.1) is 24.7 Å². The molecule has 0 fully saturated rings. The van der Waals surface area contributed by atoms with E-state index in [4.69, 9.17) is 10.2 Å². The highest BCUT2D eigenvalue weighted by molar-refractivity contribution is 5.42. The second kappa shape index (κ2) is 2.49. The second-order valence-electron chi connectivity index (χ2n) is 2.52. The number of hydrogen-bond donors (Lipinski definition) is 2. The van der Waals surface area contributed by atoms with Crippen molar-refractivity contribution >= 4 is 5.65 Å². The molecule has 62 valence electrons. The Morgan fingerprint density at radius 1 is 1.42 bits per heavy atom. The van der Waals surface area contributed by atoms with Crippen molar-refractivity contribution in [1.82, 2.24) is 9.38 Å². The highest BCUT2D eigenvalue weighted by Gasteiger charge is 2.01. The summed E-state index contributed by atoms with van der Waals surface area (Å²) in [5.74, 6) is 0.162. The molecule has 0 aliphatic rings. The highest BCUT2D eigenvalue weighted by atomic mass is 16.3. The molecule has 0 aliphatic carbocycles. The standard InChI is InChI=1S/C8H8N2O2/c11-5-6-3-9-8-2-1-7(12)4-10(6)8/h1-4,11-12H,5H2. The number of aliphatic hydroxyl groups excluding tert-OH is 1. The fraction of sp³-hybridized carbons (Fsp3) is 0.125. The van der Waals surface area contributed by atoms with Crippen LogP contribution in [0.15, 0.2) is 24.5 Å². The zero-order chi connectivity index (χ0) is 8.55. The van der Waals surface area contributed by atoms with Gasteiger partial charge in [-0.3, -0.25) is 4.40 Å². The van der Waals surface area contributed by atoms with Crippen LogP contribution in [0.1, 0.15) is 5.69 Å². The lowest BCUT2D eigenvalue weighted by Gasteiger charge is -1.97. The molecule has 0 bridgehead atoms. The molecule has 0 saturated carbocycles.